The Morgan fingerprint density at radius 3 is 1.63 bits per heavy atom. The Hall–Kier alpha value is -5.67. The Morgan fingerprint density at radius 2 is 1.19 bits per heavy atom. The summed E-state index contributed by atoms with van der Waals surface area (Å²) >= 11 is 0. The molecule has 0 bridgehead atoms. The monoisotopic (exact) mass is 601 g/mol. The molecule has 0 spiro atoms. The first kappa shape index (κ1) is 30.3. The Balaban J connectivity index is 1.74. The van der Waals surface area contributed by atoms with E-state index in [1.54, 1.807) is 0 Å². The first-order valence-corrected chi connectivity index (χ1v) is 12.0. The van der Waals surface area contributed by atoms with E-state index < -0.39 is 17.7 Å². The van der Waals surface area contributed by atoms with Gasteiger partial charge < -0.3 is 33.3 Å². The van der Waals surface area contributed by atoms with Crippen molar-refractivity contribution < 1.29 is 51.2 Å². The van der Waals surface area contributed by atoms with Gasteiger partial charge in [0, 0.05) is 5.56 Å². The highest BCUT2D eigenvalue weighted by Gasteiger charge is 2.32. The number of halogens is 3. The molecule has 0 saturated heterocycles. The fraction of sp³-hybridized carbons (Fsp3) is 0.185. The fourth-order valence-corrected chi connectivity index (χ4v) is 3.40. The van der Waals surface area contributed by atoms with Gasteiger partial charge in [-0.1, -0.05) is 29.4 Å². The minimum absolute atomic E-state index is 0.0863. The van der Waals surface area contributed by atoms with Gasteiger partial charge in [-0.25, -0.2) is 4.79 Å². The highest BCUT2D eigenvalue weighted by molar-refractivity contribution is 5.96. The van der Waals surface area contributed by atoms with E-state index in [1.807, 2.05) is 0 Å². The second-order valence-electron chi connectivity index (χ2n) is 8.00. The van der Waals surface area contributed by atoms with Crippen molar-refractivity contribution in [3.8, 4) is 47.0 Å². The van der Waals surface area contributed by atoms with Crippen LogP contribution in [0.3, 0.4) is 0 Å². The smallest absolute Gasteiger partial charge is 0.417 e. The molecule has 0 saturated carbocycles. The molecule has 2 aromatic heterocycles. The summed E-state index contributed by atoms with van der Waals surface area (Å²) in [6.45, 7) is 0. The van der Waals surface area contributed by atoms with E-state index in [0.717, 1.165) is 18.3 Å². The largest absolute Gasteiger partial charge is 0.481 e. The Morgan fingerprint density at radius 1 is 0.721 bits per heavy atom. The highest BCUT2D eigenvalue weighted by Crippen LogP contribution is 2.36. The van der Waals surface area contributed by atoms with Gasteiger partial charge in [0.15, 0.2) is 0 Å². The third-order valence-corrected chi connectivity index (χ3v) is 5.34. The summed E-state index contributed by atoms with van der Waals surface area (Å²) in [4.78, 5) is 34.6. The molecule has 0 N–H and O–H groups in total. The quantitative estimate of drug-likeness (QED) is 0.128. The summed E-state index contributed by atoms with van der Waals surface area (Å²) in [6, 6.07) is 11.0. The van der Waals surface area contributed by atoms with Gasteiger partial charge in [0.05, 0.1) is 52.3 Å². The Labute approximate surface area is 241 Å². The lowest BCUT2D eigenvalue weighted by molar-refractivity contribution is -0.137. The summed E-state index contributed by atoms with van der Waals surface area (Å²) in [6.07, 6.45) is -3.92. The minimum atomic E-state index is -4.66. The molecule has 16 heteroatoms. The average molecular weight is 601 g/mol. The molecule has 2 heterocycles. The van der Waals surface area contributed by atoms with Crippen LogP contribution in [0.1, 0.15) is 21.5 Å². The van der Waals surface area contributed by atoms with Gasteiger partial charge >= 0.3 is 24.2 Å². The van der Waals surface area contributed by atoms with Crippen molar-refractivity contribution in [3.63, 3.8) is 0 Å². The van der Waals surface area contributed by atoms with Crippen LogP contribution in [0.15, 0.2) is 59.8 Å². The van der Waals surface area contributed by atoms with Crippen molar-refractivity contribution in [2.24, 2.45) is 5.16 Å². The topological polar surface area (TPSA) is 146 Å². The maximum atomic E-state index is 13.4. The van der Waals surface area contributed by atoms with Crippen molar-refractivity contribution in [2.45, 2.75) is 6.18 Å². The number of methoxy groups -OCH3 is 4. The van der Waals surface area contributed by atoms with E-state index in [0.29, 0.717) is 0 Å². The molecule has 0 aliphatic heterocycles. The second-order valence-corrected chi connectivity index (χ2v) is 8.00. The number of hydrogen-bond donors (Lipinski definition) is 0. The van der Waals surface area contributed by atoms with Crippen LogP contribution in [-0.4, -0.2) is 60.6 Å². The van der Waals surface area contributed by atoms with Gasteiger partial charge in [0.25, 0.3) is 0 Å². The molecule has 43 heavy (non-hydrogen) atoms. The number of hydrogen-bond acceptors (Lipinski definition) is 13. The van der Waals surface area contributed by atoms with E-state index >= 15 is 0 Å². The van der Waals surface area contributed by atoms with Crippen LogP contribution in [-0.2, 0) is 11.0 Å². The molecule has 0 radical (unpaired) electrons. The van der Waals surface area contributed by atoms with E-state index in [1.165, 1.54) is 70.9 Å². The molecular formula is C27H22F3N5O8. The molecular weight excluding hydrogens is 579 g/mol. The lowest BCUT2D eigenvalue weighted by Gasteiger charge is -2.14. The zero-order valence-electron chi connectivity index (χ0n) is 22.9. The maximum Gasteiger partial charge on any atom is 0.417 e. The SMILES string of the molecule is COc1cc(OC)nc(Oc2cccc(Oc3nc(OC)cc(OC)n3)c2C(=O)O/N=C/c2ccccc2C(F)(F)F)n1. The molecule has 0 fully saturated rings. The number of carbonyl (C=O) groups excluding carboxylic acids is 1. The molecule has 224 valence electrons. The zero-order valence-corrected chi connectivity index (χ0v) is 22.9. The van der Waals surface area contributed by atoms with Gasteiger partial charge in [-0.05, 0) is 18.2 Å². The van der Waals surface area contributed by atoms with E-state index in [-0.39, 0.29) is 58.2 Å². The maximum absolute atomic E-state index is 13.4. The first-order chi connectivity index (χ1) is 20.6. The molecule has 0 aliphatic rings. The van der Waals surface area contributed by atoms with Crippen LogP contribution in [0.25, 0.3) is 0 Å². The number of rotatable bonds is 11. The van der Waals surface area contributed by atoms with Crippen LogP contribution >= 0.6 is 0 Å². The van der Waals surface area contributed by atoms with Crippen LogP contribution < -0.4 is 28.4 Å². The lowest BCUT2D eigenvalue weighted by Crippen LogP contribution is -2.10. The van der Waals surface area contributed by atoms with Crippen molar-refractivity contribution >= 4 is 12.2 Å². The van der Waals surface area contributed by atoms with E-state index in [4.69, 9.17) is 33.3 Å². The number of ether oxygens (including phenoxy) is 6. The molecule has 13 nitrogen and oxygen atoms in total. The molecule has 0 amide bonds. The summed E-state index contributed by atoms with van der Waals surface area (Å²) in [5, 5.41) is 3.47. The van der Waals surface area contributed by atoms with E-state index in [2.05, 4.69) is 25.1 Å². The average Bonchev–Trinajstić information content (AvgIpc) is 3.00. The molecule has 4 aromatic rings. The van der Waals surface area contributed by atoms with Gasteiger partial charge in [0.2, 0.25) is 23.5 Å². The van der Waals surface area contributed by atoms with Gasteiger partial charge in [-0.15, -0.1) is 0 Å². The molecule has 4 rings (SSSR count). The van der Waals surface area contributed by atoms with Gasteiger partial charge in [-0.3, -0.25) is 0 Å². The standard InChI is InChI=1S/C27H22F3N5O8/c1-37-19-12-20(38-2)33-25(32-19)41-17-10-7-11-18(42-26-34-21(39-3)13-22(35-26)40-4)23(17)24(36)43-31-14-15-8-5-6-9-16(15)27(28,29)30/h5-14H,1-4H3/b31-14+. The molecule has 0 aliphatic carbocycles. The zero-order chi connectivity index (χ0) is 31.0. The number of benzene rings is 2. The number of oxime groups is 1. The van der Waals surface area contributed by atoms with Crippen LogP contribution in [0.2, 0.25) is 0 Å². The molecule has 0 unspecified atom stereocenters. The van der Waals surface area contributed by atoms with Crippen molar-refractivity contribution in [1.29, 1.82) is 0 Å². The van der Waals surface area contributed by atoms with Gasteiger partial charge in [-0.2, -0.15) is 33.1 Å². The third-order valence-electron chi connectivity index (χ3n) is 5.34. The van der Waals surface area contributed by atoms with Crippen molar-refractivity contribution in [1.82, 2.24) is 19.9 Å². The van der Waals surface area contributed by atoms with Crippen LogP contribution in [0.4, 0.5) is 13.2 Å². The minimum Gasteiger partial charge on any atom is -0.481 e. The summed E-state index contributed by atoms with van der Waals surface area (Å²) in [5.74, 6) is -1.23. The van der Waals surface area contributed by atoms with Crippen LogP contribution in [0, 0.1) is 0 Å². The lowest BCUT2D eigenvalue weighted by atomic mass is 10.1. The van der Waals surface area contributed by atoms with Crippen molar-refractivity contribution in [3.05, 3.63) is 71.3 Å². The van der Waals surface area contributed by atoms with Crippen LogP contribution in [0.5, 0.6) is 47.0 Å². The summed E-state index contributed by atoms with van der Waals surface area (Å²) in [5.41, 5.74) is -1.69. The third kappa shape index (κ3) is 7.55. The Kier molecular flexibility index (Phi) is 9.39. The highest BCUT2D eigenvalue weighted by atomic mass is 19.4. The van der Waals surface area contributed by atoms with Crippen molar-refractivity contribution in [2.75, 3.05) is 28.4 Å². The first-order valence-electron chi connectivity index (χ1n) is 12.0. The van der Waals surface area contributed by atoms with Gasteiger partial charge in [0.1, 0.15) is 17.1 Å². The number of carbonyl (C=O) groups is 1. The normalized spacial score (nSPS) is 11.1. The second kappa shape index (κ2) is 13.3. The summed E-state index contributed by atoms with van der Waals surface area (Å²) < 4.78 is 72.1. The number of aromatic nitrogens is 4. The number of alkyl halides is 3. The van der Waals surface area contributed by atoms with E-state index in [9.17, 15) is 18.0 Å². The summed E-state index contributed by atoms with van der Waals surface area (Å²) in [7, 11) is 5.45. The number of nitrogens with zero attached hydrogens (tertiary/aromatic N) is 5. The molecule has 2 aromatic carbocycles. The Bertz CT molecular complexity index is 1510. The fourth-order valence-electron chi connectivity index (χ4n) is 3.40. The predicted molar refractivity (Wildman–Crippen MR) is 141 cm³/mol. The molecule has 0 atom stereocenters. The predicted octanol–water partition coefficient (Wildman–Crippen LogP) is 5.10.